The van der Waals surface area contributed by atoms with E-state index in [2.05, 4.69) is 17.2 Å². The first-order chi connectivity index (χ1) is 8.63. The van der Waals surface area contributed by atoms with E-state index in [1.807, 2.05) is 13.0 Å². The first-order valence-corrected chi connectivity index (χ1v) is 6.93. The van der Waals surface area contributed by atoms with Gasteiger partial charge in [-0.3, -0.25) is 4.79 Å². The number of hydrogen-bond acceptors (Lipinski definition) is 2. The van der Waals surface area contributed by atoms with E-state index in [4.69, 9.17) is 11.6 Å². The summed E-state index contributed by atoms with van der Waals surface area (Å²) in [5.74, 6) is 0.0509. The zero-order valence-electron chi connectivity index (χ0n) is 11.1. The van der Waals surface area contributed by atoms with Crippen LogP contribution in [0.1, 0.15) is 51.0 Å². The molecular weight excluding hydrogens is 248 g/mol. The summed E-state index contributed by atoms with van der Waals surface area (Å²) in [6.45, 7) is 4.05. The van der Waals surface area contributed by atoms with Gasteiger partial charge in [0.2, 0.25) is 5.91 Å². The molecule has 0 bridgehead atoms. The number of nitrogens with zero attached hydrogens (tertiary/aromatic N) is 1. The average molecular weight is 269 g/mol. The van der Waals surface area contributed by atoms with E-state index >= 15 is 0 Å². The number of carbonyl (C=O) groups excluding carboxylic acids is 1. The number of aromatic nitrogens is 1. The summed E-state index contributed by atoms with van der Waals surface area (Å²) in [5, 5.41) is 3.32. The van der Waals surface area contributed by atoms with E-state index in [-0.39, 0.29) is 5.91 Å². The lowest BCUT2D eigenvalue weighted by atomic mass is 10.1. The summed E-state index contributed by atoms with van der Waals surface area (Å²) in [6.07, 6.45) is 7.93. The first-order valence-electron chi connectivity index (χ1n) is 6.55. The Hall–Kier alpha value is -1.09. The van der Waals surface area contributed by atoms with Crippen LogP contribution in [0.3, 0.4) is 0 Å². The lowest BCUT2D eigenvalue weighted by Gasteiger charge is -2.06. The highest BCUT2D eigenvalue weighted by molar-refractivity contribution is 6.30. The summed E-state index contributed by atoms with van der Waals surface area (Å²) in [6, 6.07) is 1.84. The second-order valence-electron chi connectivity index (χ2n) is 4.54. The quantitative estimate of drug-likeness (QED) is 0.590. The van der Waals surface area contributed by atoms with E-state index in [0.29, 0.717) is 11.6 Å². The van der Waals surface area contributed by atoms with Crippen molar-refractivity contribution < 1.29 is 4.79 Å². The highest BCUT2D eigenvalue weighted by atomic mass is 35.5. The number of rotatable bonds is 7. The molecule has 0 aliphatic heterocycles. The predicted molar refractivity (Wildman–Crippen MR) is 76.0 cm³/mol. The van der Waals surface area contributed by atoms with Gasteiger partial charge < -0.3 is 5.32 Å². The van der Waals surface area contributed by atoms with Crippen LogP contribution in [-0.4, -0.2) is 10.9 Å². The van der Waals surface area contributed by atoms with Gasteiger partial charge in [0.05, 0.1) is 11.9 Å². The lowest BCUT2D eigenvalue weighted by molar-refractivity contribution is -0.116. The largest absolute Gasteiger partial charge is 0.325 e. The maximum absolute atomic E-state index is 11.7. The number of unbranched alkanes of at least 4 members (excludes halogenated alkanes) is 4. The molecule has 0 saturated heterocycles. The molecule has 1 rings (SSSR count). The molecule has 0 atom stereocenters. The minimum absolute atomic E-state index is 0.0509. The molecular formula is C14H21ClN2O. The summed E-state index contributed by atoms with van der Waals surface area (Å²) in [4.78, 5) is 15.7. The number of carbonyl (C=O) groups is 1. The molecule has 0 saturated carbocycles. The van der Waals surface area contributed by atoms with Crippen molar-refractivity contribution in [3.8, 4) is 0 Å². The van der Waals surface area contributed by atoms with Crippen molar-refractivity contribution in [1.29, 1.82) is 0 Å². The maximum Gasteiger partial charge on any atom is 0.224 e. The van der Waals surface area contributed by atoms with Crippen LogP contribution in [0, 0.1) is 6.92 Å². The fourth-order valence-electron chi connectivity index (χ4n) is 1.74. The molecule has 4 heteroatoms. The molecule has 0 unspecified atom stereocenters. The van der Waals surface area contributed by atoms with E-state index in [0.717, 1.165) is 24.1 Å². The highest BCUT2D eigenvalue weighted by Crippen LogP contribution is 2.16. The molecule has 0 aromatic carbocycles. The number of nitrogens with one attached hydrogen (secondary N) is 1. The number of hydrogen-bond donors (Lipinski definition) is 1. The van der Waals surface area contributed by atoms with Crippen LogP contribution in [0.2, 0.25) is 5.15 Å². The zero-order chi connectivity index (χ0) is 13.4. The van der Waals surface area contributed by atoms with Crippen LogP contribution >= 0.6 is 11.6 Å². The number of anilines is 1. The summed E-state index contributed by atoms with van der Waals surface area (Å²) >= 11 is 5.83. The molecule has 1 aromatic rings. The Morgan fingerprint density at radius 2 is 2.06 bits per heavy atom. The van der Waals surface area contributed by atoms with Crippen molar-refractivity contribution in [1.82, 2.24) is 4.98 Å². The van der Waals surface area contributed by atoms with Crippen molar-refractivity contribution in [3.63, 3.8) is 0 Å². The van der Waals surface area contributed by atoms with Gasteiger partial charge in [-0.1, -0.05) is 44.2 Å². The Bertz CT molecular complexity index is 393. The molecule has 1 amide bonds. The molecule has 1 heterocycles. The van der Waals surface area contributed by atoms with Crippen molar-refractivity contribution >= 4 is 23.2 Å². The topological polar surface area (TPSA) is 42.0 Å². The van der Waals surface area contributed by atoms with Gasteiger partial charge in [-0.25, -0.2) is 4.98 Å². The van der Waals surface area contributed by atoms with Gasteiger partial charge in [0.25, 0.3) is 0 Å². The SMILES string of the molecule is CCCCCCCC(=O)Nc1cnc(Cl)c(C)c1. The van der Waals surface area contributed by atoms with Crippen LogP contribution in [0.5, 0.6) is 0 Å². The first kappa shape index (κ1) is 15.0. The van der Waals surface area contributed by atoms with Crippen LogP contribution in [-0.2, 0) is 4.79 Å². The Labute approximate surface area is 114 Å². The van der Waals surface area contributed by atoms with Crippen LogP contribution in [0.4, 0.5) is 5.69 Å². The predicted octanol–water partition coefficient (Wildman–Crippen LogP) is 4.34. The molecule has 1 aromatic heterocycles. The van der Waals surface area contributed by atoms with Crippen molar-refractivity contribution in [2.75, 3.05) is 5.32 Å². The summed E-state index contributed by atoms with van der Waals surface area (Å²) in [5.41, 5.74) is 1.59. The molecule has 0 aliphatic carbocycles. The third-order valence-electron chi connectivity index (χ3n) is 2.81. The molecule has 0 aliphatic rings. The number of amides is 1. The normalized spacial score (nSPS) is 10.4. The van der Waals surface area contributed by atoms with Crippen molar-refractivity contribution in [3.05, 3.63) is 23.0 Å². The van der Waals surface area contributed by atoms with Gasteiger partial charge in [-0.15, -0.1) is 0 Å². The van der Waals surface area contributed by atoms with Gasteiger partial charge in [0, 0.05) is 6.42 Å². The van der Waals surface area contributed by atoms with Crippen molar-refractivity contribution in [2.24, 2.45) is 0 Å². The van der Waals surface area contributed by atoms with Gasteiger partial charge in [0.15, 0.2) is 0 Å². The van der Waals surface area contributed by atoms with Gasteiger partial charge in [0.1, 0.15) is 5.15 Å². The lowest BCUT2D eigenvalue weighted by Crippen LogP contribution is -2.11. The van der Waals surface area contributed by atoms with E-state index in [1.165, 1.54) is 19.3 Å². The Morgan fingerprint density at radius 1 is 1.33 bits per heavy atom. The molecule has 3 nitrogen and oxygen atoms in total. The molecule has 0 fully saturated rings. The monoisotopic (exact) mass is 268 g/mol. The Balaban J connectivity index is 2.29. The molecule has 0 radical (unpaired) electrons. The fourth-order valence-corrected chi connectivity index (χ4v) is 1.84. The smallest absolute Gasteiger partial charge is 0.224 e. The van der Waals surface area contributed by atoms with Crippen LogP contribution in [0.15, 0.2) is 12.3 Å². The van der Waals surface area contributed by atoms with E-state index in [1.54, 1.807) is 6.20 Å². The molecule has 1 N–H and O–H groups in total. The highest BCUT2D eigenvalue weighted by Gasteiger charge is 2.04. The van der Waals surface area contributed by atoms with Gasteiger partial charge in [-0.2, -0.15) is 0 Å². The Morgan fingerprint density at radius 3 is 2.72 bits per heavy atom. The zero-order valence-corrected chi connectivity index (χ0v) is 11.9. The molecule has 0 spiro atoms. The van der Waals surface area contributed by atoms with Crippen LogP contribution in [0.25, 0.3) is 0 Å². The third kappa shape index (κ3) is 5.50. The van der Waals surface area contributed by atoms with Gasteiger partial charge >= 0.3 is 0 Å². The van der Waals surface area contributed by atoms with Gasteiger partial charge in [-0.05, 0) is 25.0 Å². The minimum atomic E-state index is 0.0509. The summed E-state index contributed by atoms with van der Waals surface area (Å²) < 4.78 is 0. The second kappa shape index (κ2) is 8.09. The fraction of sp³-hybridized carbons (Fsp3) is 0.571. The number of aryl methyl sites for hydroxylation is 1. The Kier molecular flexibility index (Phi) is 6.73. The third-order valence-corrected chi connectivity index (χ3v) is 3.20. The molecule has 100 valence electrons. The maximum atomic E-state index is 11.7. The molecule has 18 heavy (non-hydrogen) atoms. The second-order valence-corrected chi connectivity index (χ2v) is 4.90. The number of halogens is 1. The van der Waals surface area contributed by atoms with E-state index < -0.39 is 0 Å². The number of pyridine rings is 1. The minimum Gasteiger partial charge on any atom is -0.325 e. The van der Waals surface area contributed by atoms with Crippen LogP contribution < -0.4 is 5.32 Å². The standard InChI is InChI=1S/C14H21ClN2O/c1-3-4-5-6-7-8-13(18)17-12-9-11(2)14(15)16-10-12/h9-10H,3-8H2,1-2H3,(H,17,18). The average Bonchev–Trinajstić information content (AvgIpc) is 2.34. The van der Waals surface area contributed by atoms with Crippen molar-refractivity contribution in [2.45, 2.75) is 52.4 Å². The summed E-state index contributed by atoms with van der Waals surface area (Å²) in [7, 11) is 0. The van der Waals surface area contributed by atoms with E-state index in [9.17, 15) is 4.79 Å².